The van der Waals surface area contributed by atoms with E-state index in [-0.39, 0.29) is 17.6 Å². The van der Waals surface area contributed by atoms with E-state index >= 15 is 0 Å². The van der Waals surface area contributed by atoms with Gasteiger partial charge in [0, 0.05) is 24.1 Å². The molecular formula is C16H20N4O2. The van der Waals surface area contributed by atoms with Gasteiger partial charge in [-0.25, -0.2) is 9.97 Å². The van der Waals surface area contributed by atoms with Gasteiger partial charge in [0.15, 0.2) is 0 Å². The van der Waals surface area contributed by atoms with Crippen molar-refractivity contribution in [3.05, 3.63) is 42.6 Å². The molecular weight excluding hydrogens is 280 g/mol. The average Bonchev–Trinajstić information content (AvgIpc) is 3.05. The number of hydrogen-bond donors (Lipinski definition) is 2. The molecule has 1 aliphatic carbocycles. The van der Waals surface area contributed by atoms with Crippen LogP contribution in [0.1, 0.15) is 43.0 Å². The first-order valence-electron chi connectivity index (χ1n) is 7.51. The van der Waals surface area contributed by atoms with Gasteiger partial charge in [0.05, 0.1) is 11.7 Å². The number of carbonyl (C=O) groups is 1. The van der Waals surface area contributed by atoms with Crippen LogP contribution in [0, 0.1) is 0 Å². The zero-order valence-corrected chi connectivity index (χ0v) is 12.6. The van der Waals surface area contributed by atoms with Crippen molar-refractivity contribution in [1.29, 1.82) is 0 Å². The highest BCUT2D eigenvalue weighted by molar-refractivity contribution is 5.94. The van der Waals surface area contributed by atoms with Crippen LogP contribution in [0.4, 0.5) is 0 Å². The van der Waals surface area contributed by atoms with Crippen molar-refractivity contribution in [1.82, 2.24) is 19.9 Å². The third-order valence-electron chi connectivity index (χ3n) is 4.25. The molecule has 1 fully saturated rings. The molecule has 116 valence electrons. The van der Waals surface area contributed by atoms with Crippen molar-refractivity contribution in [3.8, 4) is 5.82 Å². The standard InChI is InChI=1S/C16H20N4O2/c1-16(6-4-13(21)5-7-16)19-15(22)12-2-3-14(18-10-12)20-9-8-17-11-20/h2-3,8-11,13,21H,4-7H2,1H3,(H,19,22). The molecule has 3 rings (SSSR count). The van der Waals surface area contributed by atoms with E-state index in [2.05, 4.69) is 15.3 Å². The SMILES string of the molecule is CC1(NC(=O)c2ccc(-n3ccnc3)nc2)CCC(O)CC1. The minimum absolute atomic E-state index is 0.122. The molecule has 0 unspecified atom stereocenters. The summed E-state index contributed by atoms with van der Waals surface area (Å²) in [6.45, 7) is 2.03. The van der Waals surface area contributed by atoms with Gasteiger partial charge in [-0.05, 0) is 44.7 Å². The molecule has 2 aromatic heterocycles. The first-order valence-corrected chi connectivity index (χ1v) is 7.51. The first kappa shape index (κ1) is 14.7. The van der Waals surface area contributed by atoms with Crippen LogP contribution in [0.2, 0.25) is 0 Å². The Bertz CT molecular complexity index is 629. The molecule has 0 spiro atoms. The normalized spacial score (nSPS) is 24.9. The van der Waals surface area contributed by atoms with Crippen molar-refractivity contribution in [2.75, 3.05) is 0 Å². The van der Waals surface area contributed by atoms with Gasteiger partial charge in [-0.2, -0.15) is 0 Å². The van der Waals surface area contributed by atoms with Gasteiger partial charge in [0.2, 0.25) is 0 Å². The fourth-order valence-corrected chi connectivity index (χ4v) is 2.78. The molecule has 0 aliphatic heterocycles. The molecule has 22 heavy (non-hydrogen) atoms. The van der Waals surface area contributed by atoms with Crippen molar-refractivity contribution in [2.24, 2.45) is 0 Å². The molecule has 6 heteroatoms. The minimum Gasteiger partial charge on any atom is -0.393 e. The zero-order chi connectivity index (χ0) is 15.6. The maximum Gasteiger partial charge on any atom is 0.253 e. The number of carbonyl (C=O) groups excluding carboxylic acids is 1. The molecule has 0 radical (unpaired) electrons. The molecule has 1 saturated carbocycles. The summed E-state index contributed by atoms with van der Waals surface area (Å²) in [4.78, 5) is 20.6. The maximum atomic E-state index is 12.4. The van der Waals surface area contributed by atoms with E-state index in [1.165, 1.54) is 0 Å². The lowest BCUT2D eigenvalue weighted by Gasteiger charge is -2.36. The quantitative estimate of drug-likeness (QED) is 0.904. The number of amides is 1. The second-order valence-electron chi connectivity index (χ2n) is 6.12. The van der Waals surface area contributed by atoms with Gasteiger partial charge >= 0.3 is 0 Å². The van der Waals surface area contributed by atoms with E-state index < -0.39 is 0 Å². The van der Waals surface area contributed by atoms with Crippen molar-refractivity contribution in [3.63, 3.8) is 0 Å². The fourth-order valence-electron chi connectivity index (χ4n) is 2.78. The largest absolute Gasteiger partial charge is 0.393 e. The molecule has 6 nitrogen and oxygen atoms in total. The Morgan fingerprint density at radius 1 is 1.41 bits per heavy atom. The minimum atomic E-state index is -0.251. The maximum absolute atomic E-state index is 12.4. The number of imidazole rings is 1. The highest BCUT2D eigenvalue weighted by atomic mass is 16.3. The Labute approximate surface area is 129 Å². The third-order valence-corrected chi connectivity index (χ3v) is 4.25. The monoisotopic (exact) mass is 300 g/mol. The summed E-state index contributed by atoms with van der Waals surface area (Å²) < 4.78 is 1.78. The van der Waals surface area contributed by atoms with Crippen molar-refractivity contribution >= 4 is 5.91 Å². The van der Waals surface area contributed by atoms with Crippen LogP contribution in [0.15, 0.2) is 37.1 Å². The van der Waals surface area contributed by atoms with Gasteiger partial charge < -0.3 is 10.4 Å². The van der Waals surface area contributed by atoms with E-state index in [0.29, 0.717) is 5.56 Å². The molecule has 2 heterocycles. The van der Waals surface area contributed by atoms with Crippen LogP contribution in [0.25, 0.3) is 5.82 Å². The molecule has 1 amide bonds. The molecule has 2 aromatic rings. The topological polar surface area (TPSA) is 80.0 Å². The van der Waals surface area contributed by atoms with Crippen LogP contribution in [-0.2, 0) is 0 Å². The number of aromatic nitrogens is 3. The fraction of sp³-hybridized carbons (Fsp3) is 0.438. The lowest BCUT2D eigenvalue weighted by atomic mass is 9.82. The smallest absolute Gasteiger partial charge is 0.253 e. The Balaban J connectivity index is 1.67. The van der Waals surface area contributed by atoms with Crippen LogP contribution in [-0.4, -0.2) is 37.2 Å². The number of pyridine rings is 1. The highest BCUT2D eigenvalue weighted by Crippen LogP contribution is 2.28. The van der Waals surface area contributed by atoms with Gasteiger partial charge in [-0.3, -0.25) is 9.36 Å². The predicted octanol–water partition coefficient (Wildman–Crippen LogP) is 1.69. The number of rotatable bonds is 3. The number of aliphatic hydroxyl groups excluding tert-OH is 1. The summed E-state index contributed by atoms with van der Waals surface area (Å²) in [5.41, 5.74) is 0.287. The molecule has 0 atom stereocenters. The lowest BCUT2D eigenvalue weighted by molar-refractivity contribution is 0.0725. The van der Waals surface area contributed by atoms with Gasteiger partial charge in [0.1, 0.15) is 12.1 Å². The van der Waals surface area contributed by atoms with Crippen LogP contribution in [0.5, 0.6) is 0 Å². The highest BCUT2D eigenvalue weighted by Gasteiger charge is 2.31. The number of aliphatic hydroxyl groups is 1. The van der Waals surface area contributed by atoms with E-state index in [9.17, 15) is 9.90 Å². The van der Waals surface area contributed by atoms with Crippen LogP contribution >= 0.6 is 0 Å². The van der Waals surface area contributed by atoms with Gasteiger partial charge in [-0.15, -0.1) is 0 Å². The molecule has 2 N–H and O–H groups in total. The summed E-state index contributed by atoms with van der Waals surface area (Å²) in [6.07, 6.45) is 9.53. The van der Waals surface area contributed by atoms with E-state index in [1.807, 2.05) is 6.92 Å². The Morgan fingerprint density at radius 2 is 2.18 bits per heavy atom. The molecule has 0 aromatic carbocycles. The number of nitrogens with zero attached hydrogens (tertiary/aromatic N) is 3. The Morgan fingerprint density at radius 3 is 2.77 bits per heavy atom. The summed E-state index contributed by atoms with van der Waals surface area (Å²) in [7, 11) is 0. The molecule has 0 bridgehead atoms. The summed E-state index contributed by atoms with van der Waals surface area (Å²) in [5.74, 6) is 0.602. The van der Waals surface area contributed by atoms with Crippen molar-refractivity contribution < 1.29 is 9.90 Å². The first-order chi connectivity index (χ1) is 10.6. The number of hydrogen-bond acceptors (Lipinski definition) is 4. The molecule has 1 aliphatic rings. The number of nitrogens with one attached hydrogen (secondary N) is 1. The summed E-state index contributed by atoms with van der Waals surface area (Å²) in [6, 6.07) is 3.56. The molecule has 0 saturated heterocycles. The van der Waals surface area contributed by atoms with Crippen LogP contribution in [0.3, 0.4) is 0 Å². The van der Waals surface area contributed by atoms with E-state index in [1.54, 1.807) is 41.6 Å². The average molecular weight is 300 g/mol. The Kier molecular flexibility index (Phi) is 3.94. The lowest BCUT2D eigenvalue weighted by Crippen LogP contribution is -2.49. The summed E-state index contributed by atoms with van der Waals surface area (Å²) in [5, 5.41) is 12.7. The van der Waals surface area contributed by atoms with E-state index in [0.717, 1.165) is 31.5 Å². The van der Waals surface area contributed by atoms with E-state index in [4.69, 9.17) is 0 Å². The Hall–Kier alpha value is -2.21. The second-order valence-corrected chi connectivity index (χ2v) is 6.12. The van der Waals surface area contributed by atoms with Crippen LogP contribution < -0.4 is 5.32 Å². The second kappa shape index (κ2) is 5.88. The summed E-state index contributed by atoms with van der Waals surface area (Å²) >= 11 is 0. The third kappa shape index (κ3) is 3.17. The van der Waals surface area contributed by atoms with Crippen molar-refractivity contribution in [2.45, 2.75) is 44.2 Å². The van der Waals surface area contributed by atoms with Gasteiger partial charge in [0.25, 0.3) is 5.91 Å². The van der Waals surface area contributed by atoms with Gasteiger partial charge in [-0.1, -0.05) is 0 Å². The zero-order valence-electron chi connectivity index (χ0n) is 12.6. The predicted molar refractivity (Wildman–Crippen MR) is 81.7 cm³/mol.